The molecular weight excluding hydrogens is 264 g/mol. The van der Waals surface area contributed by atoms with Gasteiger partial charge in [-0.25, -0.2) is 4.98 Å². The number of benzene rings is 1. The first-order valence-electron chi connectivity index (χ1n) is 6.05. The summed E-state index contributed by atoms with van der Waals surface area (Å²) < 4.78 is 13.1. The van der Waals surface area contributed by atoms with Crippen molar-refractivity contribution in [1.29, 1.82) is 0 Å². The van der Waals surface area contributed by atoms with Crippen molar-refractivity contribution >= 4 is 11.8 Å². The predicted molar refractivity (Wildman–Crippen MR) is 72.4 cm³/mol. The third-order valence-electron chi connectivity index (χ3n) is 2.73. The van der Waals surface area contributed by atoms with Crippen molar-refractivity contribution in [2.45, 2.75) is 5.16 Å². The average Bonchev–Trinajstić information content (AvgIpc) is 2.93. The van der Waals surface area contributed by atoms with E-state index in [9.17, 15) is 0 Å². The molecule has 1 aliphatic heterocycles. The van der Waals surface area contributed by atoms with Crippen LogP contribution in [0.1, 0.15) is 0 Å². The number of fused-ring (bicyclic) bond motifs is 1. The molecule has 0 bridgehead atoms. The van der Waals surface area contributed by atoms with Crippen molar-refractivity contribution in [1.82, 2.24) is 9.55 Å². The van der Waals surface area contributed by atoms with E-state index in [1.54, 1.807) is 6.20 Å². The summed E-state index contributed by atoms with van der Waals surface area (Å²) in [5.41, 5.74) is 0.974. The van der Waals surface area contributed by atoms with E-state index >= 15 is 0 Å². The fourth-order valence-electron chi connectivity index (χ4n) is 1.91. The molecule has 0 fully saturated rings. The van der Waals surface area contributed by atoms with Crippen LogP contribution in [0.2, 0.25) is 0 Å². The van der Waals surface area contributed by atoms with Gasteiger partial charge in [0, 0.05) is 24.2 Å². The molecular formula is C13H14N2O3S. The van der Waals surface area contributed by atoms with Crippen LogP contribution >= 0.6 is 11.8 Å². The molecule has 2 heterocycles. The topological polar surface area (TPSA) is 56.5 Å². The first-order chi connectivity index (χ1) is 9.38. The molecule has 0 atom stereocenters. The van der Waals surface area contributed by atoms with Crippen LogP contribution < -0.4 is 9.47 Å². The zero-order valence-corrected chi connectivity index (χ0v) is 11.1. The van der Waals surface area contributed by atoms with Crippen molar-refractivity contribution < 1.29 is 14.6 Å². The highest BCUT2D eigenvalue weighted by molar-refractivity contribution is 7.99. The van der Waals surface area contributed by atoms with Crippen LogP contribution in [0.4, 0.5) is 0 Å². The summed E-state index contributed by atoms with van der Waals surface area (Å²) >= 11 is 1.52. The maximum absolute atomic E-state index is 8.89. The molecule has 0 unspecified atom stereocenters. The molecule has 100 valence electrons. The summed E-state index contributed by atoms with van der Waals surface area (Å²) in [4.78, 5) is 4.28. The van der Waals surface area contributed by atoms with E-state index in [1.165, 1.54) is 11.8 Å². The number of rotatable bonds is 4. The highest BCUT2D eigenvalue weighted by Gasteiger charge is 2.13. The number of hydrogen-bond acceptors (Lipinski definition) is 5. The van der Waals surface area contributed by atoms with Crippen LogP contribution in [0.15, 0.2) is 35.7 Å². The number of hydrogen-bond donors (Lipinski definition) is 1. The summed E-state index contributed by atoms with van der Waals surface area (Å²) in [5.74, 6) is 2.16. The Hall–Kier alpha value is -1.66. The monoisotopic (exact) mass is 278 g/mol. The fraction of sp³-hybridized carbons (Fsp3) is 0.308. The molecule has 0 aliphatic carbocycles. The minimum atomic E-state index is 0.138. The van der Waals surface area contributed by atoms with Gasteiger partial charge in [-0.05, 0) is 12.1 Å². The standard InChI is InChI=1S/C13H14N2O3S/c16-5-8-19-13-14-3-4-15(13)10-1-2-11-12(9-10)18-7-6-17-11/h1-4,9,16H,5-8H2. The van der Waals surface area contributed by atoms with Gasteiger partial charge in [0.05, 0.1) is 12.3 Å². The molecule has 1 aliphatic rings. The molecule has 0 saturated heterocycles. The lowest BCUT2D eigenvalue weighted by Gasteiger charge is -2.19. The maximum Gasteiger partial charge on any atom is 0.172 e. The molecule has 5 nitrogen and oxygen atoms in total. The third kappa shape index (κ3) is 2.54. The lowest BCUT2D eigenvalue weighted by atomic mass is 10.2. The molecule has 0 radical (unpaired) electrons. The summed E-state index contributed by atoms with van der Waals surface area (Å²) in [6.07, 6.45) is 3.64. The number of thioether (sulfide) groups is 1. The number of ether oxygens (including phenoxy) is 2. The molecule has 6 heteroatoms. The maximum atomic E-state index is 8.89. The molecule has 2 aromatic rings. The molecule has 0 saturated carbocycles. The van der Waals surface area contributed by atoms with Crippen molar-refractivity contribution in [3.8, 4) is 17.2 Å². The summed E-state index contributed by atoms with van der Waals surface area (Å²) in [6.45, 7) is 1.31. The molecule has 1 aromatic carbocycles. The average molecular weight is 278 g/mol. The van der Waals surface area contributed by atoms with E-state index in [0.29, 0.717) is 19.0 Å². The van der Waals surface area contributed by atoms with Gasteiger partial charge >= 0.3 is 0 Å². The molecule has 19 heavy (non-hydrogen) atoms. The third-order valence-corrected chi connectivity index (χ3v) is 3.68. The number of nitrogens with zero attached hydrogens (tertiary/aromatic N) is 2. The van der Waals surface area contributed by atoms with Gasteiger partial charge in [0.15, 0.2) is 16.7 Å². The number of aromatic nitrogens is 2. The fourth-order valence-corrected chi connectivity index (χ4v) is 2.63. The van der Waals surface area contributed by atoms with Gasteiger partial charge < -0.3 is 14.6 Å². The van der Waals surface area contributed by atoms with E-state index < -0.39 is 0 Å². The Labute approximate surface area is 115 Å². The second-order valence-electron chi connectivity index (χ2n) is 3.98. The molecule has 0 amide bonds. The van der Waals surface area contributed by atoms with Gasteiger partial charge in [-0.15, -0.1) is 0 Å². The van der Waals surface area contributed by atoms with Gasteiger partial charge in [-0.2, -0.15) is 0 Å². The summed E-state index contributed by atoms with van der Waals surface area (Å²) in [6, 6.07) is 5.82. The van der Waals surface area contributed by atoms with Crippen molar-refractivity contribution in [2.24, 2.45) is 0 Å². The van der Waals surface area contributed by atoms with Gasteiger partial charge in [-0.3, -0.25) is 4.57 Å². The van der Waals surface area contributed by atoms with Gasteiger partial charge in [-0.1, -0.05) is 11.8 Å². The second kappa shape index (κ2) is 5.54. The Bertz CT molecular complexity index is 571. The molecule has 3 rings (SSSR count). The number of imidazole rings is 1. The Morgan fingerprint density at radius 1 is 1.26 bits per heavy atom. The molecule has 0 spiro atoms. The molecule has 1 N–H and O–H groups in total. The minimum absolute atomic E-state index is 0.138. The summed E-state index contributed by atoms with van der Waals surface area (Å²) in [5, 5.41) is 9.74. The first-order valence-corrected chi connectivity index (χ1v) is 7.04. The predicted octanol–water partition coefficient (Wildman–Crippen LogP) is 1.73. The Balaban J connectivity index is 1.91. The SMILES string of the molecule is OCCSc1nccn1-c1ccc2c(c1)OCCO2. The van der Waals surface area contributed by atoms with E-state index in [2.05, 4.69) is 4.98 Å². The largest absolute Gasteiger partial charge is 0.486 e. The smallest absolute Gasteiger partial charge is 0.172 e. The van der Waals surface area contributed by atoms with Gasteiger partial charge in [0.25, 0.3) is 0 Å². The quantitative estimate of drug-likeness (QED) is 0.863. The van der Waals surface area contributed by atoms with Crippen LogP contribution in [-0.2, 0) is 0 Å². The summed E-state index contributed by atoms with van der Waals surface area (Å²) in [7, 11) is 0. The number of aliphatic hydroxyl groups is 1. The van der Waals surface area contributed by atoms with E-state index in [4.69, 9.17) is 14.6 Å². The van der Waals surface area contributed by atoms with Crippen LogP contribution in [0.25, 0.3) is 5.69 Å². The normalized spacial score (nSPS) is 13.5. The zero-order chi connectivity index (χ0) is 13.1. The Morgan fingerprint density at radius 2 is 2.11 bits per heavy atom. The van der Waals surface area contributed by atoms with E-state index in [0.717, 1.165) is 22.3 Å². The Morgan fingerprint density at radius 3 is 2.95 bits per heavy atom. The van der Waals surface area contributed by atoms with Gasteiger partial charge in [0.1, 0.15) is 13.2 Å². The molecule has 1 aromatic heterocycles. The van der Waals surface area contributed by atoms with Crippen molar-refractivity contribution in [3.63, 3.8) is 0 Å². The zero-order valence-electron chi connectivity index (χ0n) is 10.3. The lowest BCUT2D eigenvalue weighted by molar-refractivity contribution is 0.171. The van der Waals surface area contributed by atoms with Crippen molar-refractivity contribution in [2.75, 3.05) is 25.6 Å². The number of aliphatic hydroxyl groups excluding tert-OH is 1. The second-order valence-corrected chi connectivity index (χ2v) is 5.04. The lowest BCUT2D eigenvalue weighted by Crippen LogP contribution is -2.15. The minimum Gasteiger partial charge on any atom is -0.486 e. The van der Waals surface area contributed by atoms with Crippen LogP contribution in [0.3, 0.4) is 0 Å². The van der Waals surface area contributed by atoms with Crippen LogP contribution in [-0.4, -0.2) is 40.2 Å². The highest BCUT2D eigenvalue weighted by atomic mass is 32.2. The van der Waals surface area contributed by atoms with Crippen LogP contribution in [0, 0.1) is 0 Å². The van der Waals surface area contributed by atoms with E-state index in [-0.39, 0.29) is 6.61 Å². The van der Waals surface area contributed by atoms with Crippen molar-refractivity contribution in [3.05, 3.63) is 30.6 Å². The van der Waals surface area contributed by atoms with Crippen LogP contribution in [0.5, 0.6) is 11.5 Å². The first kappa shape index (κ1) is 12.4. The van der Waals surface area contributed by atoms with Gasteiger partial charge in [0.2, 0.25) is 0 Å². The van der Waals surface area contributed by atoms with E-state index in [1.807, 2.05) is 29.0 Å². The highest BCUT2D eigenvalue weighted by Crippen LogP contribution is 2.33. The Kier molecular flexibility index (Phi) is 3.61.